The number of carbonyl (C=O) groups is 2. The summed E-state index contributed by atoms with van der Waals surface area (Å²) in [5, 5.41) is 13.6. The summed E-state index contributed by atoms with van der Waals surface area (Å²) < 4.78 is 1.87. The van der Waals surface area contributed by atoms with Gasteiger partial charge in [0.15, 0.2) is 0 Å². The summed E-state index contributed by atoms with van der Waals surface area (Å²) in [6.07, 6.45) is 0. The van der Waals surface area contributed by atoms with E-state index >= 15 is 0 Å². The smallest absolute Gasteiger partial charge is 0.315 e. The molecule has 1 aromatic carbocycles. The molecule has 0 saturated carbocycles. The van der Waals surface area contributed by atoms with Crippen LogP contribution in [0.2, 0.25) is 0 Å². The number of hydrogen-bond donors (Lipinski definition) is 1. The molecule has 1 unspecified atom stereocenters. The van der Waals surface area contributed by atoms with Crippen LogP contribution in [0, 0.1) is 26.7 Å². The van der Waals surface area contributed by atoms with E-state index in [1.807, 2.05) is 49.7 Å². The van der Waals surface area contributed by atoms with Crippen LogP contribution in [0.25, 0.3) is 5.69 Å². The normalized spacial score (nSPS) is 12.0. The molecule has 1 amide bonds. The largest absolute Gasteiger partial charge is 0.481 e. The minimum atomic E-state index is -1.11. The Morgan fingerprint density at radius 2 is 1.88 bits per heavy atom. The summed E-state index contributed by atoms with van der Waals surface area (Å²) >= 11 is 0. The number of nitrogens with zero attached hydrogens (tertiary/aromatic N) is 3. The van der Waals surface area contributed by atoms with E-state index in [0.717, 1.165) is 28.2 Å². The second-order valence-electron chi connectivity index (χ2n) is 6.10. The average Bonchev–Trinajstić information content (AvgIpc) is 2.81. The summed E-state index contributed by atoms with van der Waals surface area (Å²) in [6.45, 7) is 7.62. The lowest BCUT2D eigenvalue weighted by atomic mass is 10.1. The fourth-order valence-corrected chi connectivity index (χ4v) is 2.69. The van der Waals surface area contributed by atoms with E-state index < -0.39 is 17.8 Å². The van der Waals surface area contributed by atoms with Gasteiger partial charge in [0, 0.05) is 24.8 Å². The highest BCUT2D eigenvalue weighted by molar-refractivity contribution is 5.96. The number of aromatic nitrogens is 2. The quantitative estimate of drug-likeness (QED) is 0.855. The molecule has 1 aromatic heterocycles. The molecule has 128 valence electrons. The van der Waals surface area contributed by atoms with Crippen LogP contribution < -0.4 is 0 Å². The van der Waals surface area contributed by atoms with Crippen LogP contribution in [0.1, 0.15) is 29.4 Å². The summed E-state index contributed by atoms with van der Waals surface area (Å²) in [5.74, 6) is -2.58. The van der Waals surface area contributed by atoms with Crippen molar-refractivity contribution in [1.29, 1.82) is 0 Å². The minimum absolute atomic E-state index is 0.333. The number of benzene rings is 1. The highest BCUT2D eigenvalue weighted by Gasteiger charge is 2.25. The van der Waals surface area contributed by atoms with E-state index in [9.17, 15) is 9.59 Å². The second kappa shape index (κ2) is 6.86. The highest BCUT2D eigenvalue weighted by Crippen LogP contribution is 2.21. The van der Waals surface area contributed by atoms with E-state index in [0.29, 0.717) is 6.54 Å². The fourth-order valence-electron chi connectivity index (χ4n) is 2.69. The maximum atomic E-state index is 12.2. The molecule has 6 nitrogen and oxygen atoms in total. The molecule has 1 N–H and O–H groups in total. The monoisotopic (exact) mass is 329 g/mol. The van der Waals surface area contributed by atoms with Crippen molar-refractivity contribution in [3.8, 4) is 5.69 Å². The average molecular weight is 329 g/mol. The third-order valence-electron chi connectivity index (χ3n) is 4.30. The Morgan fingerprint density at radius 3 is 2.46 bits per heavy atom. The van der Waals surface area contributed by atoms with Gasteiger partial charge < -0.3 is 10.0 Å². The first kappa shape index (κ1) is 17.7. The van der Waals surface area contributed by atoms with E-state index in [2.05, 4.69) is 5.10 Å². The van der Waals surface area contributed by atoms with Crippen molar-refractivity contribution in [2.75, 3.05) is 7.05 Å². The Bertz CT molecular complexity index is 780. The molecule has 1 heterocycles. The van der Waals surface area contributed by atoms with E-state index in [1.165, 1.54) is 11.8 Å². The molecule has 0 aliphatic carbocycles. The van der Waals surface area contributed by atoms with Crippen molar-refractivity contribution in [3.63, 3.8) is 0 Å². The van der Waals surface area contributed by atoms with Crippen molar-refractivity contribution < 1.29 is 14.7 Å². The fraction of sp³-hybridized carbons (Fsp3) is 0.389. The van der Waals surface area contributed by atoms with Crippen molar-refractivity contribution in [2.45, 2.75) is 34.2 Å². The Morgan fingerprint density at radius 1 is 1.25 bits per heavy atom. The Balaban J connectivity index is 2.32. The number of aryl methyl sites for hydroxylation is 2. The zero-order valence-electron chi connectivity index (χ0n) is 14.7. The van der Waals surface area contributed by atoms with E-state index in [-0.39, 0.29) is 0 Å². The number of rotatable bonds is 5. The molecule has 0 radical (unpaired) electrons. The van der Waals surface area contributed by atoms with Gasteiger partial charge in [-0.3, -0.25) is 9.59 Å². The van der Waals surface area contributed by atoms with Crippen molar-refractivity contribution >= 4 is 11.9 Å². The molecule has 0 fully saturated rings. The summed E-state index contributed by atoms with van der Waals surface area (Å²) in [4.78, 5) is 24.6. The SMILES string of the molecule is Cc1ccccc1-n1nc(C)c(CN(C)C(=O)C(C)C(=O)O)c1C. The van der Waals surface area contributed by atoms with Crippen molar-refractivity contribution in [2.24, 2.45) is 5.92 Å². The molecule has 0 spiro atoms. The molecule has 2 aromatic rings. The van der Waals surface area contributed by atoms with E-state index in [1.54, 1.807) is 7.05 Å². The Hall–Kier alpha value is -2.63. The van der Waals surface area contributed by atoms with Crippen LogP contribution >= 0.6 is 0 Å². The molecule has 0 bridgehead atoms. The van der Waals surface area contributed by atoms with Crippen LogP contribution in [0.15, 0.2) is 24.3 Å². The van der Waals surface area contributed by atoms with Gasteiger partial charge in [0.1, 0.15) is 5.92 Å². The third kappa shape index (κ3) is 3.32. The molecule has 0 aliphatic rings. The summed E-state index contributed by atoms with van der Waals surface area (Å²) in [7, 11) is 1.62. The zero-order valence-corrected chi connectivity index (χ0v) is 14.7. The lowest BCUT2D eigenvalue weighted by molar-refractivity contribution is -0.149. The van der Waals surface area contributed by atoms with Crippen LogP contribution in [-0.4, -0.2) is 38.7 Å². The van der Waals surface area contributed by atoms with Gasteiger partial charge >= 0.3 is 5.97 Å². The summed E-state index contributed by atoms with van der Waals surface area (Å²) in [5.41, 5.74) is 4.82. The lowest BCUT2D eigenvalue weighted by Gasteiger charge is -2.19. The predicted octanol–water partition coefficient (Wildman–Crippen LogP) is 2.48. The molecule has 1 atom stereocenters. The lowest BCUT2D eigenvalue weighted by Crippen LogP contribution is -2.35. The number of amides is 1. The van der Waals surface area contributed by atoms with Gasteiger partial charge in [-0.25, -0.2) is 4.68 Å². The molecular formula is C18H23N3O3. The molecule has 0 saturated heterocycles. The highest BCUT2D eigenvalue weighted by atomic mass is 16.4. The van der Waals surface area contributed by atoms with Gasteiger partial charge in [-0.05, 0) is 39.3 Å². The molecule has 0 aliphatic heterocycles. The zero-order chi connectivity index (χ0) is 18.0. The first-order chi connectivity index (χ1) is 11.2. The van der Waals surface area contributed by atoms with Gasteiger partial charge in [-0.1, -0.05) is 18.2 Å². The standard InChI is InChI=1S/C18H23N3O3/c1-11-8-6-7-9-16(11)21-14(4)15(13(3)19-21)10-20(5)17(22)12(2)18(23)24/h6-9,12H,10H2,1-5H3,(H,23,24). The molecule has 6 heteroatoms. The van der Waals surface area contributed by atoms with Crippen LogP contribution in [0.3, 0.4) is 0 Å². The second-order valence-corrected chi connectivity index (χ2v) is 6.10. The molecule has 2 rings (SSSR count). The van der Waals surface area contributed by atoms with E-state index in [4.69, 9.17) is 5.11 Å². The van der Waals surface area contributed by atoms with Crippen molar-refractivity contribution in [1.82, 2.24) is 14.7 Å². The maximum Gasteiger partial charge on any atom is 0.315 e. The predicted molar refractivity (Wildman–Crippen MR) is 91.0 cm³/mol. The molecular weight excluding hydrogens is 306 g/mol. The minimum Gasteiger partial charge on any atom is -0.481 e. The van der Waals surface area contributed by atoms with Gasteiger partial charge in [0.05, 0.1) is 11.4 Å². The molecule has 24 heavy (non-hydrogen) atoms. The van der Waals surface area contributed by atoms with Gasteiger partial charge in [-0.2, -0.15) is 5.10 Å². The number of carboxylic acids is 1. The van der Waals surface area contributed by atoms with Gasteiger partial charge in [-0.15, -0.1) is 0 Å². The van der Waals surface area contributed by atoms with Crippen LogP contribution in [0.4, 0.5) is 0 Å². The van der Waals surface area contributed by atoms with Crippen LogP contribution in [-0.2, 0) is 16.1 Å². The first-order valence-electron chi connectivity index (χ1n) is 7.83. The van der Waals surface area contributed by atoms with Crippen molar-refractivity contribution in [3.05, 3.63) is 46.8 Å². The number of carbonyl (C=O) groups excluding carboxylic acids is 1. The van der Waals surface area contributed by atoms with Gasteiger partial charge in [0.2, 0.25) is 5.91 Å². The Kier molecular flexibility index (Phi) is 5.07. The number of aliphatic carboxylic acids is 1. The Labute approximate surface area is 141 Å². The summed E-state index contributed by atoms with van der Waals surface area (Å²) in [6, 6.07) is 7.96. The number of hydrogen-bond acceptors (Lipinski definition) is 3. The third-order valence-corrected chi connectivity index (χ3v) is 4.30. The first-order valence-corrected chi connectivity index (χ1v) is 7.83. The van der Waals surface area contributed by atoms with Crippen LogP contribution in [0.5, 0.6) is 0 Å². The van der Waals surface area contributed by atoms with Gasteiger partial charge in [0.25, 0.3) is 0 Å². The number of carboxylic acid groups (broad SMARTS) is 1. The topological polar surface area (TPSA) is 75.4 Å². The maximum absolute atomic E-state index is 12.2. The number of para-hydroxylation sites is 1.